The van der Waals surface area contributed by atoms with E-state index in [0.29, 0.717) is 17.2 Å². The number of rotatable bonds is 8. The monoisotopic (exact) mass is 493 g/mol. The number of aromatic nitrogens is 6. The Hall–Kier alpha value is -4.67. The molecule has 1 unspecified atom stereocenters. The molecule has 0 spiro atoms. The van der Waals surface area contributed by atoms with Crippen LogP contribution in [0.5, 0.6) is 0 Å². The van der Waals surface area contributed by atoms with Crippen LogP contribution in [-0.2, 0) is 0 Å². The maximum Gasteiger partial charge on any atom is 0.183 e. The number of allylic oxidation sites excluding steroid dienone is 2. The molecular weight excluding hydrogens is 466 g/mol. The Morgan fingerprint density at radius 3 is 2.78 bits per heavy atom. The number of hydrogen-bond acceptors (Lipinski definition) is 8. The van der Waals surface area contributed by atoms with E-state index >= 15 is 0 Å². The number of fused-ring (bicyclic) bond motifs is 2. The van der Waals surface area contributed by atoms with E-state index < -0.39 is 6.35 Å². The van der Waals surface area contributed by atoms with Crippen LogP contribution in [-0.4, -0.2) is 67.3 Å². The second kappa shape index (κ2) is 10.1. The Morgan fingerprint density at radius 2 is 2.03 bits per heavy atom. The smallest absolute Gasteiger partial charge is 0.183 e. The van der Waals surface area contributed by atoms with Crippen molar-refractivity contribution in [3.63, 3.8) is 0 Å². The lowest BCUT2D eigenvalue weighted by molar-refractivity contribution is 0.0206. The number of aromatic amines is 2. The molecule has 5 rings (SSSR count). The Bertz CT molecular complexity index is 1630. The number of imidazole rings is 1. The number of H-pyrrole nitrogens is 2. The van der Waals surface area contributed by atoms with Crippen LogP contribution in [0.15, 0.2) is 78.1 Å². The van der Waals surface area contributed by atoms with Gasteiger partial charge in [0.2, 0.25) is 0 Å². The fraction of sp³-hybridized carbons (Fsp3) is 0.148. The molecule has 186 valence electrons. The number of nitrogens with zero attached hydrogens (tertiary/aromatic N) is 6. The lowest BCUT2D eigenvalue weighted by Crippen LogP contribution is -2.40. The normalized spacial score (nSPS) is 13.4. The van der Waals surface area contributed by atoms with Crippen molar-refractivity contribution in [1.82, 2.24) is 40.3 Å². The molecule has 0 saturated heterocycles. The third-order valence-electron chi connectivity index (χ3n) is 6.00. The van der Waals surface area contributed by atoms with Gasteiger partial charge in [0, 0.05) is 41.3 Å². The van der Waals surface area contributed by atoms with Crippen molar-refractivity contribution >= 4 is 34.2 Å². The quantitative estimate of drug-likeness (QED) is 0.146. The second-order valence-corrected chi connectivity index (χ2v) is 8.82. The van der Waals surface area contributed by atoms with Gasteiger partial charge < -0.3 is 15.4 Å². The third-order valence-corrected chi connectivity index (χ3v) is 6.00. The molecule has 4 aromatic heterocycles. The standard InChI is InChI=1S/C27H27N9O/c1-16(10-19(13-28-2)31-27(37)36(3)4)17-7-8-22-20(11-17)25(35-34-22)26-32-23-15-30-14-21(24(23)33-26)18-6-5-9-29-12-18/h5-15,27,31,37H,2H2,1,3-4H3,(H,32,33)(H,34,35)/b16-10+,19-13+. The Labute approximate surface area is 213 Å². The van der Waals surface area contributed by atoms with Gasteiger partial charge in [0.1, 0.15) is 11.2 Å². The minimum Gasteiger partial charge on any atom is -0.361 e. The van der Waals surface area contributed by atoms with Gasteiger partial charge in [-0.05, 0) is 63.1 Å². The molecule has 0 fully saturated rings. The number of nitrogens with one attached hydrogen (secondary N) is 3. The van der Waals surface area contributed by atoms with E-state index in [4.69, 9.17) is 4.98 Å². The molecule has 0 radical (unpaired) electrons. The highest BCUT2D eigenvalue weighted by atomic mass is 16.3. The summed E-state index contributed by atoms with van der Waals surface area (Å²) in [6.07, 6.45) is 9.71. The molecule has 10 nitrogen and oxygen atoms in total. The number of aliphatic imine (C=N–C) groups is 1. The van der Waals surface area contributed by atoms with E-state index in [-0.39, 0.29) is 0 Å². The predicted molar refractivity (Wildman–Crippen MR) is 146 cm³/mol. The van der Waals surface area contributed by atoms with Gasteiger partial charge in [-0.1, -0.05) is 12.1 Å². The van der Waals surface area contributed by atoms with Crippen LogP contribution in [0.25, 0.3) is 50.2 Å². The molecule has 0 saturated carbocycles. The minimum atomic E-state index is -0.862. The van der Waals surface area contributed by atoms with Crippen molar-refractivity contribution in [3.8, 4) is 22.6 Å². The highest BCUT2D eigenvalue weighted by Crippen LogP contribution is 2.31. The first kappa shape index (κ1) is 24.0. The van der Waals surface area contributed by atoms with Crippen LogP contribution in [0, 0.1) is 0 Å². The molecular formula is C27H27N9O. The van der Waals surface area contributed by atoms with Crippen LogP contribution in [0.1, 0.15) is 12.5 Å². The van der Waals surface area contributed by atoms with Crippen molar-refractivity contribution in [2.75, 3.05) is 14.1 Å². The zero-order valence-electron chi connectivity index (χ0n) is 20.8. The summed E-state index contributed by atoms with van der Waals surface area (Å²) in [6, 6.07) is 9.94. The van der Waals surface area contributed by atoms with E-state index in [9.17, 15) is 5.11 Å². The number of pyridine rings is 2. The number of aliphatic hydroxyl groups excluding tert-OH is 1. The highest BCUT2D eigenvalue weighted by Gasteiger charge is 2.16. The van der Waals surface area contributed by atoms with Gasteiger partial charge in [-0.3, -0.25) is 25.0 Å². The van der Waals surface area contributed by atoms with Crippen LogP contribution < -0.4 is 5.32 Å². The lowest BCUT2D eigenvalue weighted by Gasteiger charge is -2.21. The molecule has 0 bridgehead atoms. The number of aliphatic hydroxyl groups is 1. The van der Waals surface area contributed by atoms with Crippen molar-refractivity contribution < 1.29 is 5.11 Å². The molecule has 0 aliphatic heterocycles. The van der Waals surface area contributed by atoms with Crippen LogP contribution >= 0.6 is 0 Å². The molecule has 1 aromatic carbocycles. The van der Waals surface area contributed by atoms with E-state index in [0.717, 1.165) is 44.2 Å². The predicted octanol–water partition coefficient (Wildman–Crippen LogP) is 3.94. The van der Waals surface area contributed by atoms with Crippen molar-refractivity contribution in [1.29, 1.82) is 0 Å². The maximum absolute atomic E-state index is 10.2. The van der Waals surface area contributed by atoms with Gasteiger partial charge in [0.05, 0.1) is 22.9 Å². The summed E-state index contributed by atoms with van der Waals surface area (Å²) in [5.41, 5.74) is 7.65. The molecule has 0 aliphatic rings. The van der Waals surface area contributed by atoms with E-state index in [1.165, 1.54) is 0 Å². The molecule has 10 heteroatoms. The van der Waals surface area contributed by atoms with Gasteiger partial charge in [-0.25, -0.2) is 4.98 Å². The van der Waals surface area contributed by atoms with E-state index in [1.807, 2.05) is 37.3 Å². The molecule has 0 amide bonds. The van der Waals surface area contributed by atoms with Crippen molar-refractivity contribution in [3.05, 3.63) is 78.7 Å². The van der Waals surface area contributed by atoms with Gasteiger partial charge in [0.25, 0.3) is 0 Å². The fourth-order valence-corrected chi connectivity index (χ4v) is 4.03. The summed E-state index contributed by atoms with van der Waals surface area (Å²) in [4.78, 5) is 22.4. The van der Waals surface area contributed by atoms with Gasteiger partial charge in [-0.15, -0.1) is 0 Å². The Kier molecular flexibility index (Phi) is 6.59. The fourth-order valence-electron chi connectivity index (χ4n) is 4.03. The van der Waals surface area contributed by atoms with Gasteiger partial charge in [0.15, 0.2) is 12.2 Å². The zero-order valence-corrected chi connectivity index (χ0v) is 20.8. The summed E-state index contributed by atoms with van der Waals surface area (Å²) < 4.78 is 0. The molecule has 5 aromatic rings. The topological polar surface area (TPSA) is 131 Å². The summed E-state index contributed by atoms with van der Waals surface area (Å²) >= 11 is 0. The van der Waals surface area contributed by atoms with Gasteiger partial charge in [-0.2, -0.15) is 5.10 Å². The molecule has 1 atom stereocenters. The first-order valence-corrected chi connectivity index (χ1v) is 11.6. The Balaban J connectivity index is 1.54. The molecule has 37 heavy (non-hydrogen) atoms. The number of hydrogen-bond donors (Lipinski definition) is 4. The first-order chi connectivity index (χ1) is 17.9. The Morgan fingerprint density at radius 1 is 1.16 bits per heavy atom. The van der Waals surface area contributed by atoms with E-state index in [2.05, 4.69) is 48.2 Å². The summed E-state index contributed by atoms with van der Waals surface area (Å²) in [7, 11) is 3.55. The average Bonchev–Trinajstić information content (AvgIpc) is 3.52. The van der Waals surface area contributed by atoms with Crippen LogP contribution in [0.2, 0.25) is 0 Å². The molecule has 4 N–H and O–H groups in total. The first-order valence-electron chi connectivity index (χ1n) is 11.6. The van der Waals surface area contributed by atoms with E-state index in [1.54, 1.807) is 50.0 Å². The second-order valence-electron chi connectivity index (χ2n) is 8.82. The number of benzene rings is 1. The van der Waals surface area contributed by atoms with Crippen LogP contribution in [0.4, 0.5) is 0 Å². The van der Waals surface area contributed by atoms with Crippen LogP contribution in [0.3, 0.4) is 0 Å². The zero-order chi connectivity index (χ0) is 25.9. The summed E-state index contributed by atoms with van der Waals surface area (Å²) in [6.45, 7) is 5.53. The van der Waals surface area contributed by atoms with Gasteiger partial charge >= 0.3 is 0 Å². The van der Waals surface area contributed by atoms with Crippen molar-refractivity contribution in [2.24, 2.45) is 4.99 Å². The third kappa shape index (κ3) is 4.88. The van der Waals surface area contributed by atoms with Crippen molar-refractivity contribution in [2.45, 2.75) is 13.3 Å². The molecule has 0 aliphatic carbocycles. The molecule has 4 heterocycles. The largest absolute Gasteiger partial charge is 0.361 e. The minimum absolute atomic E-state index is 0.633. The summed E-state index contributed by atoms with van der Waals surface area (Å²) in [5.74, 6) is 0.644. The maximum atomic E-state index is 10.2. The summed E-state index contributed by atoms with van der Waals surface area (Å²) in [5, 5.41) is 21.8. The lowest BCUT2D eigenvalue weighted by atomic mass is 10.0. The highest BCUT2D eigenvalue weighted by molar-refractivity contribution is 5.97. The average molecular weight is 494 g/mol. The SMILES string of the molecule is C=N/C=C(\C=C(/C)c1ccc2[nH]nc(-c3nc4c(-c5cccnc5)cncc4[nH]3)c2c1)NC(O)N(C)C.